The molecule has 0 amide bonds. The molecule has 13 heavy (non-hydrogen) atoms. The van der Waals surface area contributed by atoms with Crippen LogP contribution >= 0.6 is 11.6 Å². The molecular weight excluding hydrogens is 188 g/mol. The number of rotatable bonds is 3. The average molecular weight is 199 g/mol. The summed E-state index contributed by atoms with van der Waals surface area (Å²) in [5.74, 6) is -0.208. The third-order valence-electron chi connectivity index (χ3n) is 1.78. The molecule has 0 spiro atoms. The van der Waals surface area contributed by atoms with Gasteiger partial charge in [-0.15, -0.1) is 0 Å². The lowest BCUT2D eigenvalue weighted by molar-refractivity contribution is -0.140. The van der Waals surface area contributed by atoms with Gasteiger partial charge in [0.05, 0.1) is 7.11 Å². The lowest BCUT2D eigenvalue weighted by Crippen LogP contribution is -2.01. The second-order valence-electron chi connectivity index (χ2n) is 2.67. The van der Waals surface area contributed by atoms with E-state index in [2.05, 4.69) is 4.74 Å². The lowest BCUT2D eigenvalue weighted by Gasteiger charge is -2.02. The highest BCUT2D eigenvalue weighted by atomic mass is 35.5. The first kappa shape index (κ1) is 10.1. The summed E-state index contributed by atoms with van der Waals surface area (Å²) in [5.41, 5.74) is 0.981. The van der Waals surface area contributed by atoms with E-state index in [4.69, 9.17) is 11.6 Å². The quantitative estimate of drug-likeness (QED) is 0.698. The highest BCUT2D eigenvalue weighted by Crippen LogP contribution is 2.16. The maximum Gasteiger partial charge on any atom is 0.305 e. The van der Waals surface area contributed by atoms with E-state index in [0.29, 0.717) is 17.9 Å². The van der Waals surface area contributed by atoms with Crippen molar-refractivity contribution in [3.8, 4) is 0 Å². The normalized spacial score (nSPS) is 9.69. The molecule has 2 nitrogen and oxygen atoms in total. The average Bonchev–Trinajstić information content (AvgIpc) is 2.16. The van der Waals surface area contributed by atoms with Crippen LogP contribution in [0.1, 0.15) is 12.0 Å². The fraction of sp³-hybridized carbons (Fsp3) is 0.300. The number of halogens is 1. The molecule has 1 rings (SSSR count). The van der Waals surface area contributed by atoms with Gasteiger partial charge in [-0.25, -0.2) is 0 Å². The molecular formula is C10H11ClO2. The number of hydrogen-bond acceptors (Lipinski definition) is 2. The Kier molecular flexibility index (Phi) is 3.77. The predicted molar refractivity (Wildman–Crippen MR) is 51.8 cm³/mol. The molecule has 3 heteroatoms. The summed E-state index contributed by atoms with van der Waals surface area (Å²) in [6, 6.07) is 7.49. The van der Waals surface area contributed by atoms with Crippen LogP contribution in [0.5, 0.6) is 0 Å². The van der Waals surface area contributed by atoms with Crippen molar-refractivity contribution in [2.75, 3.05) is 7.11 Å². The minimum atomic E-state index is -0.208. The number of ether oxygens (including phenoxy) is 1. The van der Waals surface area contributed by atoms with Crippen molar-refractivity contribution >= 4 is 17.6 Å². The number of carbonyl (C=O) groups excluding carboxylic acids is 1. The summed E-state index contributed by atoms with van der Waals surface area (Å²) in [6.45, 7) is 0. The summed E-state index contributed by atoms with van der Waals surface area (Å²) >= 11 is 5.90. The van der Waals surface area contributed by atoms with Gasteiger partial charge in [0.15, 0.2) is 0 Å². The van der Waals surface area contributed by atoms with E-state index in [0.717, 1.165) is 5.56 Å². The topological polar surface area (TPSA) is 26.3 Å². The highest BCUT2D eigenvalue weighted by Gasteiger charge is 2.03. The van der Waals surface area contributed by atoms with Crippen LogP contribution in [0.4, 0.5) is 0 Å². The molecule has 0 aliphatic heterocycles. The van der Waals surface area contributed by atoms with Crippen molar-refractivity contribution in [1.82, 2.24) is 0 Å². The zero-order chi connectivity index (χ0) is 9.68. The zero-order valence-electron chi connectivity index (χ0n) is 7.42. The Hall–Kier alpha value is -1.02. The number of benzene rings is 1. The molecule has 0 atom stereocenters. The largest absolute Gasteiger partial charge is 0.469 e. The molecule has 0 aliphatic carbocycles. The van der Waals surface area contributed by atoms with Gasteiger partial charge >= 0.3 is 5.97 Å². The Morgan fingerprint density at radius 1 is 1.46 bits per heavy atom. The third-order valence-corrected chi connectivity index (χ3v) is 2.15. The van der Waals surface area contributed by atoms with Crippen LogP contribution in [0.25, 0.3) is 0 Å². The lowest BCUT2D eigenvalue weighted by atomic mass is 10.1. The van der Waals surface area contributed by atoms with Crippen LogP contribution in [-0.4, -0.2) is 13.1 Å². The van der Waals surface area contributed by atoms with Crippen LogP contribution < -0.4 is 0 Å². The highest BCUT2D eigenvalue weighted by molar-refractivity contribution is 6.31. The van der Waals surface area contributed by atoms with Gasteiger partial charge in [-0.05, 0) is 18.1 Å². The summed E-state index contributed by atoms with van der Waals surface area (Å²) < 4.78 is 4.53. The van der Waals surface area contributed by atoms with Crippen molar-refractivity contribution in [3.63, 3.8) is 0 Å². The summed E-state index contributed by atoms with van der Waals surface area (Å²) in [4.78, 5) is 10.8. The van der Waals surface area contributed by atoms with E-state index < -0.39 is 0 Å². The van der Waals surface area contributed by atoms with Crippen LogP contribution in [0.15, 0.2) is 24.3 Å². The molecule has 0 aliphatic rings. The van der Waals surface area contributed by atoms with Crippen LogP contribution in [0, 0.1) is 0 Å². The molecule has 0 fully saturated rings. The molecule has 1 aromatic rings. The monoisotopic (exact) mass is 198 g/mol. The van der Waals surface area contributed by atoms with Gasteiger partial charge in [-0.3, -0.25) is 4.79 Å². The fourth-order valence-corrected chi connectivity index (χ4v) is 1.27. The van der Waals surface area contributed by atoms with Crippen molar-refractivity contribution in [2.45, 2.75) is 12.8 Å². The van der Waals surface area contributed by atoms with E-state index in [1.54, 1.807) is 0 Å². The molecule has 0 unspecified atom stereocenters. The first-order chi connectivity index (χ1) is 6.24. The van der Waals surface area contributed by atoms with Crippen LogP contribution in [-0.2, 0) is 16.0 Å². The van der Waals surface area contributed by atoms with Crippen molar-refractivity contribution in [1.29, 1.82) is 0 Å². The number of aryl methyl sites for hydroxylation is 1. The molecule has 0 radical (unpaired) electrons. The van der Waals surface area contributed by atoms with E-state index in [-0.39, 0.29) is 5.97 Å². The first-order valence-corrected chi connectivity index (χ1v) is 4.42. The third kappa shape index (κ3) is 3.07. The van der Waals surface area contributed by atoms with Gasteiger partial charge in [0.1, 0.15) is 0 Å². The Balaban J connectivity index is 2.54. The van der Waals surface area contributed by atoms with Gasteiger partial charge in [-0.1, -0.05) is 29.8 Å². The molecule has 0 aromatic heterocycles. The standard InChI is InChI=1S/C10H11ClO2/c1-13-10(12)7-6-8-4-2-3-5-9(8)11/h2-5H,6-7H2,1H3. The Bertz CT molecular complexity index is 297. The maximum absolute atomic E-state index is 10.8. The zero-order valence-corrected chi connectivity index (χ0v) is 8.17. The van der Waals surface area contributed by atoms with E-state index in [1.165, 1.54) is 7.11 Å². The van der Waals surface area contributed by atoms with E-state index in [1.807, 2.05) is 24.3 Å². The SMILES string of the molecule is COC(=O)CCc1ccccc1Cl. The number of hydrogen-bond donors (Lipinski definition) is 0. The van der Waals surface area contributed by atoms with Gasteiger partial charge < -0.3 is 4.74 Å². The minimum Gasteiger partial charge on any atom is -0.469 e. The molecule has 0 saturated carbocycles. The molecule has 0 N–H and O–H groups in total. The molecule has 70 valence electrons. The first-order valence-electron chi connectivity index (χ1n) is 4.04. The Morgan fingerprint density at radius 2 is 2.15 bits per heavy atom. The van der Waals surface area contributed by atoms with Gasteiger partial charge in [0.25, 0.3) is 0 Å². The van der Waals surface area contributed by atoms with Crippen molar-refractivity contribution < 1.29 is 9.53 Å². The summed E-state index contributed by atoms with van der Waals surface area (Å²) in [5, 5.41) is 0.700. The maximum atomic E-state index is 10.8. The molecule has 1 aromatic carbocycles. The predicted octanol–water partition coefficient (Wildman–Crippen LogP) is 2.45. The number of methoxy groups -OCH3 is 1. The number of carbonyl (C=O) groups is 1. The summed E-state index contributed by atoms with van der Waals surface area (Å²) in [6.07, 6.45) is 1.01. The fourth-order valence-electron chi connectivity index (χ4n) is 1.04. The minimum absolute atomic E-state index is 0.208. The van der Waals surface area contributed by atoms with Crippen LogP contribution in [0.3, 0.4) is 0 Å². The second-order valence-corrected chi connectivity index (χ2v) is 3.07. The molecule has 0 saturated heterocycles. The Morgan fingerprint density at radius 3 is 2.77 bits per heavy atom. The van der Waals surface area contributed by atoms with Gasteiger partial charge in [0.2, 0.25) is 0 Å². The van der Waals surface area contributed by atoms with Gasteiger partial charge in [-0.2, -0.15) is 0 Å². The van der Waals surface area contributed by atoms with E-state index in [9.17, 15) is 4.79 Å². The van der Waals surface area contributed by atoms with E-state index >= 15 is 0 Å². The molecule has 0 heterocycles. The molecule has 0 bridgehead atoms. The van der Waals surface area contributed by atoms with Gasteiger partial charge in [0, 0.05) is 11.4 Å². The summed E-state index contributed by atoms with van der Waals surface area (Å²) in [7, 11) is 1.38. The number of esters is 1. The van der Waals surface area contributed by atoms with Crippen molar-refractivity contribution in [3.05, 3.63) is 34.9 Å². The van der Waals surface area contributed by atoms with Crippen molar-refractivity contribution in [2.24, 2.45) is 0 Å². The second kappa shape index (κ2) is 4.87. The van der Waals surface area contributed by atoms with Crippen LogP contribution in [0.2, 0.25) is 5.02 Å². The smallest absolute Gasteiger partial charge is 0.305 e. The Labute approximate surface area is 82.5 Å².